The van der Waals surface area contributed by atoms with Crippen molar-refractivity contribution < 1.29 is 8.42 Å². The van der Waals surface area contributed by atoms with Crippen LogP contribution in [0.2, 0.25) is 5.02 Å². The zero-order valence-electron chi connectivity index (χ0n) is 15.3. The number of hydrogen-bond donors (Lipinski definition) is 1. The standard InChI is InChI=1S/C18H22ClN5O2S/c1-3-27(25,26)22-13-8-10-23(11-9-13)17-14-6-4-5-7-15(14)24-18(20-17)16(19)12(2)21-24/h4-7,13,22H,3,8-11H2,1-2H3. The van der Waals surface area contributed by atoms with Crippen molar-refractivity contribution in [1.29, 1.82) is 0 Å². The molecule has 0 spiro atoms. The molecule has 0 unspecified atom stereocenters. The van der Waals surface area contributed by atoms with Crippen molar-refractivity contribution in [3.8, 4) is 0 Å². The average molecular weight is 408 g/mol. The summed E-state index contributed by atoms with van der Waals surface area (Å²) in [4.78, 5) is 7.03. The van der Waals surface area contributed by atoms with Gasteiger partial charge in [-0.2, -0.15) is 5.10 Å². The van der Waals surface area contributed by atoms with Gasteiger partial charge in [0, 0.05) is 24.5 Å². The second-order valence-electron chi connectivity index (χ2n) is 6.87. The molecule has 2 aromatic heterocycles. The summed E-state index contributed by atoms with van der Waals surface area (Å²) in [6.45, 7) is 4.99. The zero-order chi connectivity index (χ0) is 19.2. The van der Waals surface area contributed by atoms with Crippen LogP contribution < -0.4 is 9.62 Å². The van der Waals surface area contributed by atoms with Gasteiger partial charge in [0.1, 0.15) is 10.8 Å². The Hall–Kier alpha value is -1.90. The van der Waals surface area contributed by atoms with Crippen LogP contribution in [0.1, 0.15) is 25.5 Å². The molecule has 3 aromatic rings. The Kier molecular flexibility index (Phi) is 4.73. The molecule has 27 heavy (non-hydrogen) atoms. The number of fused-ring (bicyclic) bond motifs is 3. The number of nitrogens with one attached hydrogen (secondary N) is 1. The quantitative estimate of drug-likeness (QED) is 0.719. The van der Waals surface area contributed by atoms with Crippen molar-refractivity contribution in [3.05, 3.63) is 35.0 Å². The van der Waals surface area contributed by atoms with Crippen LogP contribution in [0.15, 0.2) is 24.3 Å². The minimum atomic E-state index is -3.18. The number of piperidine rings is 1. The molecule has 4 rings (SSSR count). The summed E-state index contributed by atoms with van der Waals surface area (Å²) < 4.78 is 28.2. The topological polar surface area (TPSA) is 79.6 Å². The maximum absolute atomic E-state index is 11.8. The Morgan fingerprint density at radius 2 is 1.96 bits per heavy atom. The summed E-state index contributed by atoms with van der Waals surface area (Å²) in [5.74, 6) is 0.978. The van der Waals surface area contributed by atoms with E-state index in [0.717, 1.165) is 48.3 Å². The fourth-order valence-corrected chi connectivity index (χ4v) is 4.63. The largest absolute Gasteiger partial charge is 0.356 e. The average Bonchev–Trinajstić information content (AvgIpc) is 2.96. The predicted octanol–water partition coefficient (Wildman–Crippen LogP) is 2.75. The number of aryl methyl sites for hydroxylation is 1. The van der Waals surface area contributed by atoms with E-state index in [-0.39, 0.29) is 11.8 Å². The second kappa shape index (κ2) is 6.92. The number of hydrogen-bond acceptors (Lipinski definition) is 5. The van der Waals surface area contributed by atoms with Crippen LogP contribution in [0.3, 0.4) is 0 Å². The van der Waals surface area contributed by atoms with Crippen LogP contribution in [-0.4, -0.2) is 47.9 Å². The molecule has 1 N–H and O–H groups in total. The summed E-state index contributed by atoms with van der Waals surface area (Å²) in [6, 6.07) is 7.98. The van der Waals surface area contributed by atoms with E-state index in [1.165, 1.54) is 0 Å². The number of sulfonamides is 1. The fraction of sp³-hybridized carbons (Fsp3) is 0.444. The van der Waals surface area contributed by atoms with E-state index in [4.69, 9.17) is 16.6 Å². The molecule has 9 heteroatoms. The van der Waals surface area contributed by atoms with Gasteiger partial charge in [0.15, 0.2) is 5.65 Å². The number of rotatable bonds is 4. The summed E-state index contributed by atoms with van der Waals surface area (Å²) in [5, 5.41) is 6.09. The van der Waals surface area contributed by atoms with Crippen molar-refractivity contribution in [3.63, 3.8) is 0 Å². The van der Waals surface area contributed by atoms with Gasteiger partial charge in [0.2, 0.25) is 10.0 Å². The Balaban J connectivity index is 1.69. The predicted molar refractivity (Wildman–Crippen MR) is 108 cm³/mol. The van der Waals surface area contributed by atoms with Crippen LogP contribution >= 0.6 is 11.6 Å². The smallest absolute Gasteiger partial charge is 0.211 e. The lowest BCUT2D eigenvalue weighted by Gasteiger charge is -2.33. The molecular formula is C18H22ClN5O2S. The normalized spacial score (nSPS) is 16.5. The van der Waals surface area contributed by atoms with Crippen molar-refractivity contribution >= 4 is 44.0 Å². The van der Waals surface area contributed by atoms with Gasteiger partial charge in [-0.15, -0.1) is 0 Å². The van der Waals surface area contributed by atoms with Gasteiger partial charge in [-0.1, -0.05) is 23.7 Å². The van der Waals surface area contributed by atoms with Gasteiger partial charge in [-0.25, -0.2) is 22.6 Å². The van der Waals surface area contributed by atoms with Gasteiger partial charge < -0.3 is 4.90 Å². The van der Waals surface area contributed by atoms with Crippen LogP contribution in [0.25, 0.3) is 16.6 Å². The number of aromatic nitrogens is 3. The summed E-state index contributed by atoms with van der Waals surface area (Å²) in [6.07, 6.45) is 1.48. The molecule has 7 nitrogen and oxygen atoms in total. The first-order chi connectivity index (χ1) is 12.9. The third kappa shape index (κ3) is 3.37. The lowest BCUT2D eigenvalue weighted by molar-refractivity contribution is 0.459. The lowest BCUT2D eigenvalue weighted by Crippen LogP contribution is -2.45. The van der Waals surface area contributed by atoms with Crippen LogP contribution in [-0.2, 0) is 10.0 Å². The monoisotopic (exact) mass is 407 g/mol. The summed E-state index contributed by atoms with van der Waals surface area (Å²) in [5.41, 5.74) is 2.36. The molecule has 1 aromatic carbocycles. The molecule has 0 saturated carbocycles. The summed E-state index contributed by atoms with van der Waals surface area (Å²) >= 11 is 6.42. The Morgan fingerprint density at radius 3 is 2.67 bits per heavy atom. The molecule has 1 aliphatic heterocycles. The molecule has 0 radical (unpaired) electrons. The number of nitrogens with zero attached hydrogens (tertiary/aromatic N) is 4. The molecule has 0 amide bonds. The highest BCUT2D eigenvalue weighted by atomic mass is 35.5. The molecule has 0 bridgehead atoms. The van der Waals surface area contributed by atoms with Gasteiger partial charge in [-0.05, 0) is 38.8 Å². The van der Waals surface area contributed by atoms with Crippen molar-refractivity contribution in [2.45, 2.75) is 32.7 Å². The van der Waals surface area contributed by atoms with E-state index in [9.17, 15) is 8.42 Å². The Bertz CT molecular complexity index is 1100. The summed E-state index contributed by atoms with van der Waals surface area (Å²) in [7, 11) is -3.18. The van der Waals surface area contributed by atoms with Gasteiger partial charge in [0.05, 0.1) is 17.0 Å². The maximum Gasteiger partial charge on any atom is 0.211 e. The van der Waals surface area contributed by atoms with E-state index in [0.29, 0.717) is 10.7 Å². The van der Waals surface area contributed by atoms with E-state index in [1.807, 2.05) is 31.2 Å². The van der Waals surface area contributed by atoms with E-state index in [1.54, 1.807) is 11.4 Å². The van der Waals surface area contributed by atoms with Gasteiger partial charge in [-0.3, -0.25) is 0 Å². The number of anilines is 1. The van der Waals surface area contributed by atoms with Gasteiger partial charge >= 0.3 is 0 Å². The second-order valence-corrected chi connectivity index (χ2v) is 9.29. The first-order valence-electron chi connectivity index (χ1n) is 9.08. The third-order valence-electron chi connectivity index (χ3n) is 5.07. The number of para-hydroxylation sites is 1. The molecule has 1 aliphatic rings. The highest BCUT2D eigenvalue weighted by Crippen LogP contribution is 2.31. The first-order valence-corrected chi connectivity index (χ1v) is 11.1. The molecule has 1 fully saturated rings. The minimum absolute atomic E-state index is 0.0259. The highest BCUT2D eigenvalue weighted by Gasteiger charge is 2.25. The SMILES string of the molecule is CCS(=O)(=O)NC1CCN(c2nc3c(Cl)c(C)nn3c3ccccc23)CC1. The molecule has 1 saturated heterocycles. The van der Waals surface area contributed by atoms with Crippen molar-refractivity contribution in [2.75, 3.05) is 23.7 Å². The Labute approximate surface area is 163 Å². The number of benzene rings is 1. The van der Waals surface area contributed by atoms with Crippen molar-refractivity contribution in [1.82, 2.24) is 19.3 Å². The molecule has 0 atom stereocenters. The molecule has 144 valence electrons. The first kappa shape index (κ1) is 18.5. The fourth-order valence-electron chi connectivity index (χ4n) is 3.56. The third-order valence-corrected chi connectivity index (χ3v) is 6.97. The minimum Gasteiger partial charge on any atom is -0.356 e. The lowest BCUT2D eigenvalue weighted by atomic mass is 10.1. The number of halogens is 1. The molecular weight excluding hydrogens is 386 g/mol. The van der Waals surface area contributed by atoms with Crippen LogP contribution in [0, 0.1) is 6.92 Å². The van der Waals surface area contributed by atoms with Gasteiger partial charge in [0.25, 0.3) is 0 Å². The maximum atomic E-state index is 11.8. The molecule has 3 heterocycles. The van der Waals surface area contributed by atoms with E-state index < -0.39 is 10.0 Å². The highest BCUT2D eigenvalue weighted by molar-refractivity contribution is 7.89. The van der Waals surface area contributed by atoms with E-state index in [2.05, 4.69) is 14.7 Å². The van der Waals surface area contributed by atoms with E-state index >= 15 is 0 Å². The Morgan fingerprint density at radius 1 is 1.26 bits per heavy atom. The van der Waals surface area contributed by atoms with Crippen LogP contribution in [0.4, 0.5) is 5.82 Å². The van der Waals surface area contributed by atoms with Crippen molar-refractivity contribution in [2.24, 2.45) is 0 Å². The van der Waals surface area contributed by atoms with Crippen LogP contribution in [0.5, 0.6) is 0 Å². The zero-order valence-corrected chi connectivity index (χ0v) is 16.9. The molecule has 0 aliphatic carbocycles.